The van der Waals surface area contributed by atoms with Crippen LogP contribution in [0.15, 0.2) is 0 Å². The van der Waals surface area contributed by atoms with Gasteiger partial charge in [0.05, 0.1) is 0 Å². The fourth-order valence-corrected chi connectivity index (χ4v) is 1.65. The number of rotatable bonds is 6. The maximum atomic E-state index is 12.1. The Morgan fingerprint density at radius 1 is 1.00 bits per heavy atom. The molecule has 0 bridgehead atoms. The highest BCUT2D eigenvalue weighted by atomic mass is 16.2. The molecule has 1 unspecified atom stereocenters. The number of amides is 2. The summed E-state index contributed by atoms with van der Waals surface area (Å²) in [7, 11) is 0. The number of carbonyl (C=O) groups is 2. The first kappa shape index (κ1) is 16.9. The summed E-state index contributed by atoms with van der Waals surface area (Å²) in [6.45, 7) is 13.3. The first-order chi connectivity index (χ1) is 8.27. The molecular weight excluding hydrogens is 228 g/mol. The lowest BCUT2D eigenvalue weighted by atomic mass is 10.1. The number of nitrogens with zero attached hydrogens (tertiary/aromatic N) is 1. The van der Waals surface area contributed by atoms with Crippen molar-refractivity contribution in [3.05, 3.63) is 0 Å². The summed E-state index contributed by atoms with van der Waals surface area (Å²) in [5.41, 5.74) is 0. The predicted molar refractivity (Wildman–Crippen MR) is 74.2 cm³/mol. The van der Waals surface area contributed by atoms with Crippen LogP contribution >= 0.6 is 0 Å². The van der Waals surface area contributed by atoms with Gasteiger partial charge in [-0.2, -0.15) is 0 Å². The Hall–Kier alpha value is -1.06. The summed E-state index contributed by atoms with van der Waals surface area (Å²) in [6, 6.07) is 0.0430. The van der Waals surface area contributed by atoms with E-state index in [1.165, 1.54) is 0 Å². The second-order valence-corrected chi connectivity index (χ2v) is 5.78. The van der Waals surface area contributed by atoms with Crippen LogP contribution in [0.5, 0.6) is 0 Å². The van der Waals surface area contributed by atoms with Crippen molar-refractivity contribution in [2.45, 2.75) is 54.0 Å². The lowest BCUT2D eigenvalue weighted by Gasteiger charge is -2.26. The Labute approximate surface area is 111 Å². The van der Waals surface area contributed by atoms with Gasteiger partial charge >= 0.3 is 11.8 Å². The largest absolute Gasteiger partial charge is 0.345 e. The molecule has 0 aromatic heterocycles. The van der Waals surface area contributed by atoms with Crippen LogP contribution < -0.4 is 5.32 Å². The molecule has 0 fully saturated rings. The molecular formula is C14H28N2O2. The SMILES string of the molecule is CCC(C)NC(=O)C(=O)N(CC(C)C)CC(C)C. The van der Waals surface area contributed by atoms with E-state index in [-0.39, 0.29) is 6.04 Å². The average Bonchev–Trinajstić information content (AvgIpc) is 2.25. The van der Waals surface area contributed by atoms with E-state index in [4.69, 9.17) is 0 Å². The molecule has 1 N–H and O–H groups in total. The Morgan fingerprint density at radius 2 is 1.44 bits per heavy atom. The van der Waals surface area contributed by atoms with Crippen LogP contribution in [0.2, 0.25) is 0 Å². The van der Waals surface area contributed by atoms with E-state index in [2.05, 4.69) is 5.32 Å². The molecule has 0 rings (SSSR count). The van der Waals surface area contributed by atoms with Crippen molar-refractivity contribution < 1.29 is 9.59 Å². The van der Waals surface area contributed by atoms with Crippen molar-refractivity contribution in [2.75, 3.05) is 13.1 Å². The second kappa shape index (κ2) is 8.11. The van der Waals surface area contributed by atoms with E-state index in [0.29, 0.717) is 24.9 Å². The molecule has 2 amide bonds. The van der Waals surface area contributed by atoms with Gasteiger partial charge in [-0.3, -0.25) is 9.59 Å². The van der Waals surface area contributed by atoms with Crippen LogP contribution in [0.25, 0.3) is 0 Å². The number of hydrogen-bond donors (Lipinski definition) is 1. The maximum Gasteiger partial charge on any atom is 0.311 e. The summed E-state index contributed by atoms with van der Waals surface area (Å²) in [4.78, 5) is 25.6. The monoisotopic (exact) mass is 256 g/mol. The van der Waals surface area contributed by atoms with Crippen LogP contribution in [0.4, 0.5) is 0 Å². The Morgan fingerprint density at radius 3 is 1.78 bits per heavy atom. The molecule has 4 nitrogen and oxygen atoms in total. The van der Waals surface area contributed by atoms with E-state index >= 15 is 0 Å². The molecule has 0 spiro atoms. The smallest absolute Gasteiger partial charge is 0.311 e. The van der Waals surface area contributed by atoms with Crippen molar-refractivity contribution in [3.8, 4) is 0 Å². The van der Waals surface area contributed by atoms with Crippen LogP contribution in [-0.2, 0) is 9.59 Å². The molecule has 0 radical (unpaired) electrons. The first-order valence-corrected chi connectivity index (χ1v) is 6.87. The molecule has 1 atom stereocenters. The molecule has 0 aliphatic carbocycles. The minimum Gasteiger partial charge on any atom is -0.345 e. The van der Waals surface area contributed by atoms with E-state index in [1.54, 1.807) is 4.90 Å². The molecule has 0 aromatic carbocycles. The van der Waals surface area contributed by atoms with Crippen LogP contribution in [0.1, 0.15) is 48.0 Å². The Kier molecular flexibility index (Phi) is 7.64. The van der Waals surface area contributed by atoms with Crippen LogP contribution in [-0.4, -0.2) is 35.8 Å². The van der Waals surface area contributed by atoms with Crippen molar-refractivity contribution in [2.24, 2.45) is 11.8 Å². The Bertz CT molecular complexity index is 265. The third-order valence-electron chi connectivity index (χ3n) is 2.64. The molecule has 0 aromatic rings. The van der Waals surface area contributed by atoms with Gasteiger partial charge in [0, 0.05) is 19.1 Å². The third-order valence-corrected chi connectivity index (χ3v) is 2.64. The van der Waals surface area contributed by atoms with E-state index in [0.717, 1.165) is 6.42 Å². The van der Waals surface area contributed by atoms with Gasteiger partial charge in [0.25, 0.3) is 0 Å². The van der Waals surface area contributed by atoms with Gasteiger partial charge in [0.15, 0.2) is 0 Å². The topological polar surface area (TPSA) is 49.4 Å². The van der Waals surface area contributed by atoms with Gasteiger partial charge in [0.2, 0.25) is 0 Å². The Balaban J connectivity index is 4.57. The van der Waals surface area contributed by atoms with Crippen molar-refractivity contribution in [3.63, 3.8) is 0 Å². The lowest BCUT2D eigenvalue weighted by Crippen LogP contribution is -2.47. The summed E-state index contributed by atoms with van der Waals surface area (Å²) < 4.78 is 0. The molecule has 106 valence electrons. The minimum absolute atomic E-state index is 0.0430. The summed E-state index contributed by atoms with van der Waals surface area (Å²) in [5.74, 6) is -0.156. The molecule has 0 saturated heterocycles. The van der Waals surface area contributed by atoms with E-state index in [1.807, 2.05) is 41.5 Å². The van der Waals surface area contributed by atoms with Crippen LogP contribution in [0.3, 0.4) is 0 Å². The minimum atomic E-state index is -0.481. The summed E-state index contributed by atoms with van der Waals surface area (Å²) in [6.07, 6.45) is 0.827. The normalized spacial score (nSPS) is 12.7. The standard InChI is InChI=1S/C14H28N2O2/c1-7-12(6)15-13(17)14(18)16(8-10(2)3)9-11(4)5/h10-12H,7-9H2,1-6H3,(H,15,17). The first-order valence-electron chi connectivity index (χ1n) is 6.87. The van der Waals surface area contributed by atoms with Gasteiger partial charge in [0.1, 0.15) is 0 Å². The maximum absolute atomic E-state index is 12.1. The van der Waals surface area contributed by atoms with Crippen molar-refractivity contribution in [1.29, 1.82) is 0 Å². The fraction of sp³-hybridized carbons (Fsp3) is 0.857. The number of hydrogen-bond acceptors (Lipinski definition) is 2. The van der Waals surface area contributed by atoms with Gasteiger partial charge in [-0.25, -0.2) is 0 Å². The summed E-state index contributed by atoms with van der Waals surface area (Å²) >= 11 is 0. The zero-order chi connectivity index (χ0) is 14.3. The second-order valence-electron chi connectivity index (χ2n) is 5.78. The zero-order valence-corrected chi connectivity index (χ0v) is 12.6. The predicted octanol–water partition coefficient (Wildman–Crippen LogP) is 2.04. The van der Waals surface area contributed by atoms with Gasteiger partial charge in [-0.1, -0.05) is 34.6 Å². The van der Waals surface area contributed by atoms with Gasteiger partial charge in [-0.15, -0.1) is 0 Å². The molecule has 0 saturated carbocycles. The van der Waals surface area contributed by atoms with Crippen molar-refractivity contribution >= 4 is 11.8 Å². The lowest BCUT2D eigenvalue weighted by molar-refractivity contribution is -0.146. The highest BCUT2D eigenvalue weighted by Crippen LogP contribution is 2.04. The molecule has 0 heterocycles. The molecule has 0 aliphatic heterocycles. The molecule has 4 heteroatoms. The average molecular weight is 256 g/mol. The van der Waals surface area contributed by atoms with E-state index < -0.39 is 11.8 Å². The number of carbonyl (C=O) groups excluding carboxylic acids is 2. The zero-order valence-electron chi connectivity index (χ0n) is 12.6. The van der Waals surface area contributed by atoms with Gasteiger partial charge < -0.3 is 10.2 Å². The molecule has 18 heavy (non-hydrogen) atoms. The highest BCUT2D eigenvalue weighted by Gasteiger charge is 2.23. The van der Waals surface area contributed by atoms with Crippen LogP contribution in [0, 0.1) is 11.8 Å². The fourth-order valence-electron chi connectivity index (χ4n) is 1.65. The quantitative estimate of drug-likeness (QED) is 0.739. The van der Waals surface area contributed by atoms with Crippen molar-refractivity contribution in [1.82, 2.24) is 10.2 Å². The van der Waals surface area contributed by atoms with Gasteiger partial charge in [-0.05, 0) is 25.2 Å². The summed E-state index contributed by atoms with van der Waals surface area (Å²) in [5, 5.41) is 2.73. The highest BCUT2D eigenvalue weighted by molar-refractivity contribution is 6.35. The third kappa shape index (κ3) is 6.62. The molecule has 0 aliphatic rings. The van der Waals surface area contributed by atoms with E-state index in [9.17, 15) is 9.59 Å². The number of nitrogens with one attached hydrogen (secondary N) is 1.